The van der Waals surface area contributed by atoms with Crippen LogP contribution in [0.5, 0.6) is 11.5 Å². The number of halogens is 3. The molecular weight excluding hydrogens is 617 g/mol. The van der Waals surface area contributed by atoms with Crippen molar-refractivity contribution in [3.63, 3.8) is 0 Å². The second-order valence-corrected chi connectivity index (χ2v) is 11.8. The molecule has 3 rings (SSSR count). The van der Waals surface area contributed by atoms with E-state index < -0.39 is 37.7 Å². The molecule has 0 aromatic heterocycles. The number of hydrogen-bond acceptors (Lipinski definition) is 8. The number of ether oxygens (including phenoxy) is 4. The van der Waals surface area contributed by atoms with Crippen molar-refractivity contribution in [3.8, 4) is 22.6 Å². The van der Waals surface area contributed by atoms with E-state index in [1.54, 1.807) is 6.07 Å². The van der Waals surface area contributed by atoms with Gasteiger partial charge in [-0.15, -0.1) is 0 Å². The number of esters is 2. The van der Waals surface area contributed by atoms with Crippen molar-refractivity contribution >= 4 is 11.9 Å². The Morgan fingerprint density at radius 3 is 1.85 bits per heavy atom. The standard InChI is InChI=1S/C36H45F3O8/c1-24-18-29(28-9-7-27(8-10-28)6-4-5-13-36(37,38)39)11-12-33(24)30-19-31(44-14-16-46-34(42)25(2)22-40)21-32(20-30)45-15-17-47-35(43)26(3)23-41/h11-12,18-21,27-28,40-41H,2-10,13-17,22-23H2,1H3. The lowest BCUT2D eigenvalue weighted by Gasteiger charge is -2.29. The summed E-state index contributed by atoms with van der Waals surface area (Å²) in [6.07, 6.45) is 0.946. The van der Waals surface area contributed by atoms with Gasteiger partial charge in [-0.05, 0) is 85.3 Å². The molecule has 0 aliphatic heterocycles. The molecular formula is C36H45F3O8. The maximum absolute atomic E-state index is 12.4. The van der Waals surface area contributed by atoms with Crippen LogP contribution in [0.2, 0.25) is 0 Å². The van der Waals surface area contributed by atoms with E-state index >= 15 is 0 Å². The predicted octanol–water partition coefficient (Wildman–Crippen LogP) is 7.00. The molecule has 0 atom stereocenters. The minimum atomic E-state index is -4.08. The van der Waals surface area contributed by atoms with Crippen LogP contribution in [0.3, 0.4) is 0 Å². The molecule has 11 heteroatoms. The first-order valence-electron chi connectivity index (χ1n) is 15.9. The first-order chi connectivity index (χ1) is 22.4. The summed E-state index contributed by atoms with van der Waals surface area (Å²) < 4.78 is 59.2. The molecule has 0 unspecified atom stereocenters. The first kappa shape index (κ1) is 37.6. The number of benzene rings is 2. The van der Waals surface area contributed by atoms with Crippen LogP contribution in [0, 0.1) is 12.8 Å². The number of carbonyl (C=O) groups excluding carboxylic acids is 2. The number of aliphatic hydroxyl groups is 2. The predicted molar refractivity (Wildman–Crippen MR) is 171 cm³/mol. The number of aliphatic hydroxyl groups excluding tert-OH is 2. The first-order valence-corrected chi connectivity index (χ1v) is 15.9. The number of unbranched alkanes of at least 4 members (excludes halogenated alkanes) is 1. The number of hydrogen-bond donors (Lipinski definition) is 2. The number of carbonyl (C=O) groups is 2. The SMILES string of the molecule is C=C(CO)C(=O)OCCOc1cc(OCCOC(=O)C(=C)CO)cc(-c2ccc(C3CCC(CCCCC(F)(F)F)CC3)cc2C)c1. The van der Waals surface area contributed by atoms with Crippen molar-refractivity contribution in [2.75, 3.05) is 39.6 Å². The minimum absolute atomic E-state index is 0.0388. The molecule has 1 aliphatic carbocycles. The monoisotopic (exact) mass is 662 g/mol. The normalized spacial score (nSPS) is 16.3. The van der Waals surface area contributed by atoms with Gasteiger partial charge in [0.1, 0.15) is 37.9 Å². The van der Waals surface area contributed by atoms with Crippen LogP contribution < -0.4 is 9.47 Å². The van der Waals surface area contributed by atoms with Gasteiger partial charge in [-0.3, -0.25) is 0 Å². The average molecular weight is 663 g/mol. The van der Waals surface area contributed by atoms with Crippen LogP contribution in [0.15, 0.2) is 60.7 Å². The highest BCUT2D eigenvalue weighted by atomic mass is 19.4. The Kier molecular flexibility index (Phi) is 14.8. The third-order valence-electron chi connectivity index (χ3n) is 8.21. The van der Waals surface area contributed by atoms with Crippen LogP contribution in [-0.4, -0.2) is 68.0 Å². The molecule has 0 radical (unpaired) electrons. The Morgan fingerprint density at radius 1 is 0.809 bits per heavy atom. The summed E-state index contributed by atoms with van der Waals surface area (Å²) in [5.41, 5.74) is 3.95. The summed E-state index contributed by atoms with van der Waals surface area (Å²) in [6.45, 7) is 7.85. The van der Waals surface area contributed by atoms with Gasteiger partial charge in [-0.2, -0.15) is 13.2 Å². The van der Waals surface area contributed by atoms with Gasteiger partial charge in [-0.25, -0.2) is 9.59 Å². The second kappa shape index (κ2) is 18.5. The maximum atomic E-state index is 12.4. The average Bonchev–Trinajstić information content (AvgIpc) is 3.05. The molecule has 0 spiro atoms. The fourth-order valence-electron chi connectivity index (χ4n) is 5.62. The Morgan fingerprint density at radius 2 is 1.36 bits per heavy atom. The molecule has 0 amide bonds. The van der Waals surface area contributed by atoms with Crippen LogP contribution in [0.25, 0.3) is 11.1 Å². The van der Waals surface area contributed by atoms with Gasteiger partial charge in [0.15, 0.2) is 0 Å². The highest BCUT2D eigenvalue weighted by Gasteiger charge is 2.27. The summed E-state index contributed by atoms with van der Waals surface area (Å²) >= 11 is 0. The lowest BCUT2D eigenvalue weighted by molar-refractivity contribution is -0.141. The Balaban J connectivity index is 1.66. The Hall–Kier alpha value is -3.83. The van der Waals surface area contributed by atoms with Gasteiger partial charge >= 0.3 is 18.1 Å². The van der Waals surface area contributed by atoms with E-state index in [4.69, 9.17) is 29.2 Å². The molecule has 47 heavy (non-hydrogen) atoms. The summed E-state index contributed by atoms with van der Waals surface area (Å²) in [7, 11) is 0. The lowest BCUT2D eigenvalue weighted by atomic mass is 9.76. The van der Waals surface area contributed by atoms with Crippen molar-refractivity contribution in [3.05, 3.63) is 71.8 Å². The van der Waals surface area contributed by atoms with E-state index in [1.807, 2.05) is 19.1 Å². The molecule has 0 saturated heterocycles. The Labute approximate surface area is 274 Å². The molecule has 0 heterocycles. The van der Waals surface area contributed by atoms with Crippen LogP contribution in [-0.2, 0) is 19.1 Å². The minimum Gasteiger partial charge on any atom is -0.490 e. The largest absolute Gasteiger partial charge is 0.490 e. The van der Waals surface area contributed by atoms with E-state index in [9.17, 15) is 22.8 Å². The molecule has 1 aliphatic rings. The highest BCUT2D eigenvalue weighted by molar-refractivity contribution is 5.88. The molecule has 2 aromatic carbocycles. The van der Waals surface area contributed by atoms with Crippen molar-refractivity contribution in [1.82, 2.24) is 0 Å². The van der Waals surface area contributed by atoms with E-state index in [-0.39, 0.29) is 44.0 Å². The van der Waals surface area contributed by atoms with E-state index in [1.165, 1.54) is 5.56 Å². The molecule has 2 aromatic rings. The van der Waals surface area contributed by atoms with Crippen LogP contribution in [0.4, 0.5) is 13.2 Å². The zero-order valence-electron chi connectivity index (χ0n) is 26.9. The van der Waals surface area contributed by atoms with Gasteiger partial charge in [0.05, 0.1) is 24.4 Å². The lowest BCUT2D eigenvalue weighted by Crippen LogP contribution is -2.15. The fraction of sp³-hybridized carbons (Fsp3) is 0.500. The van der Waals surface area contributed by atoms with Crippen molar-refractivity contribution in [1.29, 1.82) is 0 Å². The molecule has 0 bridgehead atoms. The summed E-state index contributed by atoms with van der Waals surface area (Å²) in [5, 5.41) is 18.1. The summed E-state index contributed by atoms with van der Waals surface area (Å²) in [5.74, 6) is 0.372. The third kappa shape index (κ3) is 12.7. The van der Waals surface area contributed by atoms with Gasteiger partial charge in [0, 0.05) is 12.5 Å². The smallest absolute Gasteiger partial charge is 0.389 e. The van der Waals surface area contributed by atoms with Gasteiger partial charge in [0.25, 0.3) is 0 Å². The van der Waals surface area contributed by atoms with Crippen LogP contribution >= 0.6 is 0 Å². The van der Waals surface area contributed by atoms with Gasteiger partial charge in [0.2, 0.25) is 0 Å². The number of aryl methyl sites for hydroxylation is 1. The van der Waals surface area contributed by atoms with E-state index in [0.717, 1.165) is 48.8 Å². The van der Waals surface area contributed by atoms with Crippen molar-refractivity contribution in [2.24, 2.45) is 5.92 Å². The van der Waals surface area contributed by atoms with Crippen molar-refractivity contribution in [2.45, 2.75) is 70.4 Å². The molecule has 1 saturated carbocycles. The molecule has 8 nitrogen and oxygen atoms in total. The quantitative estimate of drug-likeness (QED) is 0.0998. The van der Waals surface area contributed by atoms with Gasteiger partial charge < -0.3 is 29.2 Å². The maximum Gasteiger partial charge on any atom is 0.389 e. The van der Waals surface area contributed by atoms with E-state index in [2.05, 4.69) is 31.4 Å². The highest BCUT2D eigenvalue weighted by Crippen LogP contribution is 2.40. The topological polar surface area (TPSA) is 112 Å². The molecule has 258 valence electrons. The number of rotatable bonds is 18. The zero-order valence-corrected chi connectivity index (χ0v) is 26.9. The molecule has 1 fully saturated rings. The zero-order chi connectivity index (χ0) is 34.4. The summed E-state index contributed by atoms with van der Waals surface area (Å²) in [6, 6.07) is 11.7. The van der Waals surface area contributed by atoms with Crippen molar-refractivity contribution < 1.29 is 51.9 Å². The Bertz CT molecular complexity index is 1310. The number of alkyl halides is 3. The van der Waals surface area contributed by atoms with Crippen LogP contribution in [0.1, 0.15) is 68.4 Å². The van der Waals surface area contributed by atoms with E-state index in [0.29, 0.717) is 29.8 Å². The second-order valence-electron chi connectivity index (χ2n) is 11.8. The molecule has 2 N–H and O–H groups in total. The third-order valence-corrected chi connectivity index (χ3v) is 8.21. The van der Waals surface area contributed by atoms with Gasteiger partial charge in [-0.1, -0.05) is 44.2 Å². The fourth-order valence-corrected chi connectivity index (χ4v) is 5.62. The summed E-state index contributed by atoms with van der Waals surface area (Å²) in [4.78, 5) is 23.5.